The lowest BCUT2D eigenvalue weighted by atomic mass is 10.0. The van der Waals surface area contributed by atoms with Crippen molar-refractivity contribution in [3.05, 3.63) is 12.2 Å². The molecule has 0 spiro atoms. The highest BCUT2D eigenvalue weighted by molar-refractivity contribution is 5.66. The molecule has 0 aromatic carbocycles. The van der Waals surface area contributed by atoms with Gasteiger partial charge in [0.15, 0.2) is 0 Å². The van der Waals surface area contributed by atoms with Gasteiger partial charge in [-0.15, -0.1) is 0 Å². The smallest absolute Gasteiger partial charge is 0.408 e. The molecule has 0 unspecified atom stereocenters. The lowest BCUT2D eigenvalue weighted by molar-refractivity contribution is 0.130. The van der Waals surface area contributed by atoms with Crippen molar-refractivity contribution >= 4 is 6.09 Å². The highest BCUT2D eigenvalue weighted by atomic mass is 16.4. The first-order valence-electron chi connectivity index (χ1n) is 3.93. The SMILES string of the molecule is C=C(C)C#CC(C)(C)N(C)C(=O)O. The Kier molecular flexibility index (Phi) is 3.55. The van der Waals surface area contributed by atoms with Crippen molar-refractivity contribution in [1.82, 2.24) is 4.90 Å². The van der Waals surface area contributed by atoms with Crippen LogP contribution in [0.25, 0.3) is 0 Å². The monoisotopic (exact) mass is 181 g/mol. The molecule has 0 saturated carbocycles. The summed E-state index contributed by atoms with van der Waals surface area (Å²) in [6.07, 6.45) is -0.985. The topological polar surface area (TPSA) is 40.5 Å². The van der Waals surface area contributed by atoms with Crippen LogP contribution in [0.2, 0.25) is 0 Å². The average Bonchev–Trinajstić information content (AvgIpc) is 1.99. The summed E-state index contributed by atoms with van der Waals surface area (Å²) in [6, 6.07) is 0. The molecular weight excluding hydrogens is 166 g/mol. The fourth-order valence-corrected chi connectivity index (χ4v) is 0.583. The fraction of sp³-hybridized carbons (Fsp3) is 0.500. The number of hydrogen-bond donors (Lipinski definition) is 1. The third-order valence-electron chi connectivity index (χ3n) is 1.71. The Bertz CT molecular complexity index is 281. The van der Waals surface area contributed by atoms with E-state index in [1.807, 2.05) is 0 Å². The van der Waals surface area contributed by atoms with Gasteiger partial charge in [0.25, 0.3) is 0 Å². The van der Waals surface area contributed by atoms with Crippen molar-refractivity contribution in [2.75, 3.05) is 7.05 Å². The predicted molar refractivity (Wildman–Crippen MR) is 52.5 cm³/mol. The zero-order valence-electron chi connectivity index (χ0n) is 8.51. The molecule has 13 heavy (non-hydrogen) atoms. The van der Waals surface area contributed by atoms with Crippen molar-refractivity contribution < 1.29 is 9.90 Å². The van der Waals surface area contributed by atoms with Gasteiger partial charge < -0.3 is 5.11 Å². The summed E-state index contributed by atoms with van der Waals surface area (Å²) in [6.45, 7) is 8.90. The highest BCUT2D eigenvalue weighted by Crippen LogP contribution is 2.10. The van der Waals surface area contributed by atoms with E-state index < -0.39 is 11.6 Å². The molecule has 0 aliphatic heterocycles. The van der Waals surface area contributed by atoms with Crippen molar-refractivity contribution in [2.45, 2.75) is 26.3 Å². The van der Waals surface area contributed by atoms with Crippen LogP contribution in [0.3, 0.4) is 0 Å². The highest BCUT2D eigenvalue weighted by Gasteiger charge is 2.24. The van der Waals surface area contributed by atoms with Gasteiger partial charge in [0, 0.05) is 7.05 Å². The first kappa shape index (κ1) is 11.6. The summed E-state index contributed by atoms with van der Waals surface area (Å²) in [5, 5.41) is 8.72. The Morgan fingerprint density at radius 2 is 2.00 bits per heavy atom. The van der Waals surface area contributed by atoms with Crippen LogP contribution in [0, 0.1) is 11.8 Å². The first-order valence-corrected chi connectivity index (χ1v) is 3.93. The van der Waals surface area contributed by atoms with Gasteiger partial charge in [0.05, 0.1) is 0 Å². The normalized spacial score (nSPS) is 9.85. The average molecular weight is 181 g/mol. The molecule has 3 nitrogen and oxygen atoms in total. The second kappa shape index (κ2) is 3.99. The molecule has 0 aromatic heterocycles. The van der Waals surface area contributed by atoms with Crippen LogP contribution in [0.4, 0.5) is 4.79 Å². The quantitative estimate of drug-likeness (QED) is 0.628. The molecule has 72 valence electrons. The van der Waals surface area contributed by atoms with E-state index in [-0.39, 0.29) is 0 Å². The van der Waals surface area contributed by atoms with Crippen molar-refractivity contribution in [2.24, 2.45) is 0 Å². The van der Waals surface area contributed by atoms with Crippen LogP contribution in [0.1, 0.15) is 20.8 Å². The number of allylic oxidation sites excluding steroid dienone is 1. The maximum Gasteiger partial charge on any atom is 0.408 e. The first-order chi connectivity index (χ1) is 5.77. The van der Waals surface area contributed by atoms with Crippen molar-refractivity contribution in [3.63, 3.8) is 0 Å². The molecule has 0 atom stereocenters. The molecule has 1 amide bonds. The summed E-state index contributed by atoms with van der Waals surface area (Å²) >= 11 is 0. The number of nitrogens with zero attached hydrogens (tertiary/aromatic N) is 1. The largest absolute Gasteiger partial charge is 0.465 e. The maximum atomic E-state index is 10.6. The Balaban J connectivity index is 4.69. The molecule has 0 aromatic rings. The molecule has 0 saturated heterocycles. The summed E-state index contributed by atoms with van der Waals surface area (Å²) in [7, 11) is 1.50. The second-order valence-electron chi connectivity index (χ2n) is 3.43. The minimum Gasteiger partial charge on any atom is -0.465 e. The summed E-state index contributed by atoms with van der Waals surface area (Å²) in [4.78, 5) is 11.8. The summed E-state index contributed by atoms with van der Waals surface area (Å²) in [5.41, 5.74) is 0.0528. The van der Waals surface area contributed by atoms with Crippen molar-refractivity contribution in [1.29, 1.82) is 0 Å². The minimum atomic E-state index is -0.985. The van der Waals surface area contributed by atoms with E-state index in [9.17, 15) is 4.79 Å². The van der Waals surface area contributed by atoms with Gasteiger partial charge in [0.1, 0.15) is 5.54 Å². The number of amides is 1. The number of carbonyl (C=O) groups is 1. The number of rotatable bonds is 1. The van der Waals surface area contributed by atoms with Gasteiger partial charge in [-0.3, -0.25) is 4.90 Å². The van der Waals surface area contributed by atoms with E-state index >= 15 is 0 Å². The lowest BCUT2D eigenvalue weighted by Gasteiger charge is -2.27. The van der Waals surface area contributed by atoms with Crippen LogP contribution in [-0.4, -0.2) is 28.7 Å². The van der Waals surface area contributed by atoms with Crippen LogP contribution in [-0.2, 0) is 0 Å². The van der Waals surface area contributed by atoms with E-state index in [4.69, 9.17) is 5.11 Å². The van der Waals surface area contributed by atoms with Gasteiger partial charge >= 0.3 is 6.09 Å². The second-order valence-corrected chi connectivity index (χ2v) is 3.43. The lowest BCUT2D eigenvalue weighted by Crippen LogP contribution is -2.43. The van der Waals surface area contributed by atoms with Gasteiger partial charge in [-0.25, -0.2) is 4.79 Å². The van der Waals surface area contributed by atoms with Crippen LogP contribution in [0.5, 0.6) is 0 Å². The number of hydrogen-bond acceptors (Lipinski definition) is 1. The van der Waals surface area contributed by atoms with Gasteiger partial charge in [0.2, 0.25) is 0 Å². The standard InChI is InChI=1S/C10H15NO2/c1-8(2)6-7-10(3,4)11(5)9(12)13/h1H2,2-5H3,(H,12,13). The van der Waals surface area contributed by atoms with Crippen molar-refractivity contribution in [3.8, 4) is 11.8 Å². The molecule has 0 radical (unpaired) electrons. The van der Waals surface area contributed by atoms with E-state index in [1.165, 1.54) is 11.9 Å². The molecule has 0 rings (SSSR count). The summed E-state index contributed by atoms with van der Waals surface area (Å²) < 4.78 is 0. The zero-order chi connectivity index (χ0) is 10.6. The minimum absolute atomic E-state index is 0.676. The molecule has 0 aliphatic carbocycles. The zero-order valence-corrected chi connectivity index (χ0v) is 8.51. The predicted octanol–water partition coefficient (Wildman–Crippen LogP) is 1.95. The third-order valence-corrected chi connectivity index (χ3v) is 1.71. The Labute approximate surface area is 79.0 Å². The van der Waals surface area contributed by atoms with Crippen LogP contribution >= 0.6 is 0 Å². The summed E-state index contributed by atoms with van der Waals surface area (Å²) in [5.74, 6) is 5.61. The van der Waals surface area contributed by atoms with Crippen LogP contribution in [0.15, 0.2) is 12.2 Å². The molecule has 0 heterocycles. The van der Waals surface area contributed by atoms with Crippen LogP contribution < -0.4 is 0 Å². The van der Waals surface area contributed by atoms with E-state index in [0.29, 0.717) is 0 Å². The Morgan fingerprint density at radius 1 is 1.54 bits per heavy atom. The number of carboxylic acid groups (broad SMARTS) is 1. The molecule has 0 bridgehead atoms. The van der Waals surface area contributed by atoms with E-state index in [1.54, 1.807) is 20.8 Å². The van der Waals surface area contributed by atoms with Gasteiger partial charge in [-0.05, 0) is 26.3 Å². The third kappa shape index (κ3) is 3.66. The fourth-order valence-electron chi connectivity index (χ4n) is 0.583. The molecule has 0 fully saturated rings. The molecule has 0 aliphatic rings. The Hall–Kier alpha value is -1.43. The molecular formula is C10H15NO2. The molecule has 3 heteroatoms. The van der Waals surface area contributed by atoms with E-state index in [2.05, 4.69) is 18.4 Å². The Morgan fingerprint density at radius 3 is 2.31 bits per heavy atom. The maximum absolute atomic E-state index is 10.6. The van der Waals surface area contributed by atoms with Gasteiger partial charge in [-0.1, -0.05) is 18.4 Å². The van der Waals surface area contributed by atoms with E-state index in [0.717, 1.165) is 5.57 Å². The van der Waals surface area contributed by atoms with Gasteiger partial charge in [-0.2, -0.15) is 0 Å². The molecule has 1 N–H and O–H groups in total.